The van der Waals surface area contributed by atoms with Gasteiger partial charge in [-0.1, -0.05) is 29.3 Å². The van der Waals surface area contributed by atoms with Gasteiger partial charge in [0.15, 0.2) is 0 Å². The van der Waals surface area contributed by atoms with E-state index in [0.717, 1.165) is 22.2 Å². The second kappa shape index (κ2) is 8.97. The topological polar surface area (TPSA) is 64.4 Å². The van der Waals surface area contributed by atoms with Crippen molar-refractivity contribution in [1.29, 1.82) is 0 Å². The van der Waals surface area contributed by atoms with Gasteiger partial charge in [-0.25, -0.2) is 4.79 Å². The summed E-state index contributed by atoms with van der Waals surface area (Å²) in [5.74, 6) is -0.376. The number of esters is 1. The normalized spacial score (nSPS) is 10.6. The molecule has 0 saturated heterocycles. The third-order valence-electron chi connectivity index (χ3n) is 3.64. The number of carbonyl (C=O) groups is 1. The Morgan fingerprint density at radius 2 is 1.92 bits per heavy atom. The Labute approximate surface area is 197 Å². The summed E-state index contributed by atoms with van der Waals surface area (Å²) in [4.78, 5) is 11.3. The standard InChI is InChI=1S/C17H14Cl2N2O3.K/c1-10-12-6-5-11(24-17(23)9-22)7-16(12)21(20-10)8-13-14(18)3-2-4-15(13)19;/h2-7,22H,8-9H2,1H3;. The van der Waals surface area contributed by atoms with Crippen molar-refractivity contribution in [2.75, 3.05) is 6.61 Å². The van der Waals surface area contributed by atoms with Crippen LogP contribution in [0.3, 0.4) is 0 Å². The molecule has 0 aliphatic rings. The summed E-state index contributed by atoms with van der Waals surface area (Å²) >= 11 is 12.5. The summed E-state index contributed by atoms with van der Waals surface area (Å²) in [6, 6.07) is 10.5. The van der Waals surface area contributed by atoms with Crippen LogP contribution in [0.1, 0.15) is 11.3 Å². The Kier molecular flexibility index (Phi) is 7.48. The van der Waals surface area contributed by atoms with Crippen molar-refractivity contribution < 1.29 is 14.6 Å². The van der Waals surface area contributed by atoms with E-state index < -0.39 is 12.6 Å². The van der Waals surface area contributed by atoms with E-state index in [4.69, 9.17) is 33.0 Å². The Balaban J connectivity index is 0.00000225. The molecule has 0 amide bonds. The van der Waals surface area contributed by atoms with Crippen LogP contribution < -0.4 is 4.74 Å². The molecule has 3 aromatic rings. The van der Waals surface area contributed by atoms with Gasteiger partial charge in [-0.2, -0.15) is 5.10 Å². The number of benzene rings is 2. The van der Waals surface area contributed by atoms with Gasteiger partial charge in [-0.3, -0.25) is 4.68 Å². The third kappa shape index (κ3) is 4.64. The minimum Gasteiger partial charge on any atom is -0.425 e. The number of hydrogen-bond donors (Lipinski definition) is 1. The third-order valence-corrected chi connectivity index (χ3v) is 4.35. The fourth-order valence-corrected chi connectivity index (χ4v) is 3.02. The molecule has 0 aliphatic carbocycles. The van der Waals surface area contributed by atoms with Gasteiger partial charge >= 0.3 is 5.97 Å². The van der Waals surface area contributed by atoms with Crippen molar-refractivity contribution in [3.63, 3.8) is 0 Å². The number of hydrogen-bond acceptors (Lipinski definition) is 4. The van der Waals surface area contributed by atoms with E-state index in [1.165, 1.54) is 0 Å². The largest absolute Gasteiger partial charge is 0.425 e. The molecule has 0 saturated carbocycles. The number of rotatable bonds is 4. The number of ether oxygens (including phenoxy) is 1. The van der Waals surface area contributed by atoms with E-state index >= 15 is 0 Å². The van der Waals surface area contributed by atoms with Gasteiger partial charge < -0.3 is 9.84 Å². The van der Waals surface area contributed by atoms with Crippen LogP contribution in [0.5, 0.6) is 5.75 Å². The molecular formula is C17H14Cl2KN2O3. The monoisotopic (exact) mass is 403 g/mol. The summed E-state index contributed by atoms with van der Waals surface area (Å²) < 4.78 is 6.81. The van der Waals surface area contributed by atoms with Gasteiger partial charge in [0.05, 0.1) is 17.8 Å². The van der Waals surface area contributed by atoms with Gasteiger partial charge in [-0.05, 0) is 31.2 Å². The minimum atomic E-state index is -0.716. The van der Waals surface area contributed by atoms with E-state index in [9.17, 15) is 4.79 Å². The maximum absolute atomic E-state index is 11.3. The predicted octanol–water partition coefficient (Wildman–Crippen LogP) is 3.22. The zero-order valence-electron chi connectivity index (χ0n) is 13.8. The molecule has 25 heavy (non-hydrogen) atoms. The van der Waals surface area contributed by atoms with Crippen LogP contribution in [0.25, 0.3) is 10.9 Å². The summed E-state index contributed by atoms with van der Waals surface area (Å²) in [5, 5.41) is 15.4. The first-order valence-electron chi connectivity index (χ1n) is 7.21. The molecule has 0 atom stereocenters. The molecular weight excluding hydrogens is 390 g/mol. The van der Waals surface area contributed by atoms with Crippen molar-refractivity contribution in [3.05, 3.63) is 57.7 Å². The van der Waals surface area contributed by atoms with Crippen molar-refractivity contribution >= 4 is 91.5 Å². The van der Waals surface area contributed by atoms with Gasteiger partial charge in [0.25, 0.3) is 0 Å². The molecule has 0 unspecified atom stereocenters. The number of halogens is 2. The molecule has 0 spiro atoms. The molecule has 1 N–H and O–H groups in total. The van der Waals surface area contributed by atoms with Gasteiger partial charge in [0, 0.05) is 78.4 Å². The number of aryl methyl sites for hydroxylation is 1. The number of aliphatic hydroxyl groups is 1. The van der Waals surface area contributed by atoms with Gasteiger partial charge in [0.2, 0.25) is 0 Å². The van der Waals surface area contributed by atoms with E-state index in [1.807, 2.05) is 13.0 Å². The molecule has 0 aliphatic heterocycles. The number of aliphatic hydroxyl groups excluding tert-OH is 1. The molecule has 1 radical (unpaired) electrons. The van der Waals surface area contributed by atoms with Crippen LogP contribution in [-0.4, -0.2) is 78.8 Å². The smallest absolute Gasteiger partial charge is 0.337 e. The van der Waals surface area contributed by atoms with E-state index in [0.29, 0.717) is 22.3 Å². The fraction of sp³-hybridized carbons (Fsp3) is 0.176. The molecule has 1 aromatic heterocycles. The van der Waals surface area contributed by atoms with Crippen LogP contribution in [-0.2, 0) is 11.3 Å². The predicted molar refractivity (Wildman–Crippen MR) is 98.5 cm³/mol. The Morgan fingerprint density at radius 1 is 1.24 bits per heavy atom. The number of nitrogens with zero attached hydrogens (tertiary/aromatic N) is 2. The van der Waals surface area contributed by atoms with E-state index in [-0.39, 0.29) is 51.4 Å². The number of aromatic nitrogens is 2. The Bertz CT molecular complexity index is 907. The molecule has 0 bridgehead atoms. The zero-order valence-corrected chi connectivity index (χ0v) is 18.4. The quantitative estimate of drug-likeness (QED) is 0.412. The first-order chi connectivity index (χ1) is 11.5. The van der Waals surface area contributed by atoms with E-state index in [1.54, 1.807) is 35.0 Å². The van der Waals surface area contributed by atoms with Crippen LogP contribution in [0.4, 0.5) is 0 Å². The average Bonchev–Trinajstić information content (AvgIpc) is 2.86. The van der Waals surface area contributed by atoms with Crippen molar-refractivity contribution in [1.82, 2.24) is 9.78 Å². The summed E-state index contributed by atoms with van der Waals surface area (Å²) in [7, 11) is 0. The zero-order chi connectivity index (χ0) is 17.3. The van der Waals surface area contributed by atoms with Crippen molar-refractivity contribution in [3.8, 4) is 5.75 Å². The Morgan fingerprint density at radius 3 is 2.56 bits per heavy atom. The van der Waals surface area contributed by atoms with Crippen LogP contribution in [0, 0.1) is 6.92 Å². The maximum Gasteiger partial charge on any atom is 0.337 e. The van der Waals surface area contributed by atoms with E-state index in [2.05, 4.69) is 5.10 Å². The first-order valence-corrected chi connectivity index (χ1v) is 7.97. The van der Waals surface area contributed by atoms with Crippen LogP contribution in [0.15, 0.2) is 36.4 Å². The summed E-state index contributed by atoms with van der Waals surface area (Å²) in [5.41, 5.74) is 2.39. The second-order valence-corrected chi connectivity index (χ2v) is 6.07. The van der Waals surface area contributed by atoms with Crippen LogP contribution in [0.2, 0.25) is 10.0 Å². The van der Waals surface area contributed by atoms with Gasteiger partial charge in [-0.15, -0.1) is 0 Å². The molecule has 125 valence electrons. The summed E-state index contributed by atoms with van der Waals surface area (Å²) in [6.07, 6.45) is 0. The molecule has 2 aromatic carbocycles. The SMILES string of the molecule is Cc1nn(Cc2c(Cl)cccc2Cl)c2cc(OC(=O)CO)ccc12.[K]. The number of fused-ring (bicyclic) bond motifs is 1. The van der Waals surface area contributed by atoms with Crippen LogP contribution >= 0.6 is 23.2 Å². The fourth-order valence-electron chi connectivity index (χ4n) is 2.50. The molecule has 0 fully saturated rings. The van der Waals surface area contributed by atoms with Crippen molar-refractivity contribution in [2.24, 2.45) is 0 Å². The molecule has 5 nitrogen and oxygen atoms in total. The maximum atomic E-state index is 11.3. The average molecular weight is 404 g/mol. The molecule has 8 heteroatoms. The van der Waals surface area contributed by atoms with Crippen molar-refractivity contribution in [2.45, 2.75) is 13.5 Å². The first kappa shape index (κ1) is 20.9. The minimum absolute atomic E-state index is 0. The number of carbonyl (C=O) groups excluding carboxylic acids is 1. The molecule has 1 heterocycles. The molecule has 3 rings (SSSR count). The van der Waals surface area contributed by atoms with Gasteiger partial charge in [0.1, 0.15) is 12.4 Å². The Hall–Kier alpha value is -0.444. The summed E-state index contributed by atoms with van der Waals surface area (Å²) in [6.45, 7) is 1.61. The second-order valence-electron chi connectivity index (χ2n) is 5.25.